The molecule has 1 aliphatic heterocycles. The van der Waals surface area contributed by atoms with Crippen LogP contribution < -0.4 is 10.6 Å². The standard InChI is InChI=1S/C12H22N2O3/c1-2-3-10(12(16)17)14-11(15)8-9-4-6-13-7-5-9/h9-10,13H,2-8H2,1H3,(H,14,15)(H,16,17)/t10-/m1/s1. The largest absolute Gasteiger partial charge is 0.480 e. The molecule has 17 heavy (non-hydrogen) atoms. The number of carbonyl (C=O) groups excluding carboxylic acids is 1. The summed E-state index contributed by atoms with van der Waals surface area (Å²) in [5.74, 6) is -0.671. The summed E-state index contributed by atoms with van der Waals surface area (Å²) in [6.07, 6.45) is 3.70. The first-order valence-corrected chi connectivity index (χ1v) is 6.36. The summed E-state index contributed by atoms with van der Waals surface area (Å²) in [4.78, 5) is 22.6. The molecule has 0 saturated carbocycles. The topological polar surface area (TPSA) is 78.4 Å². The highest BCUT2D eigenvalue weighted by Crippen LogP contribution is 2.15. The van der Waals surface area contributed by atoms with Crippen LogP contribution in [0.25, 0.3) is 0 Å². The summed E-state index contributed by atoms with van der Waals surface area (Å²) in [6.45, 7) is 3.82. The number of carboxylic acid groups (broad SMARTS) is 1. The SMILES string of the molecule is CCC[C@@H](NC(=O)CC1CCNCC1)C(=O)O. The summed E-state index contributed by atoms with van der Waals surface area (Å²) in [6, 6.07) is -0.728. The number of rotatable bonds is 6. The minimum Gasteiger partial charge on any atom is -0.480 e. The molecule has 1 fully saturated rings. The Hall–Kier alpha value is -1.10. The molecule has 0 aromatic carbocycles. The van der Waals surface area contributed by atoms with E-state index in [2.05, 4.69) is 10.6 Å². The van der Waals surface area contributed by atoms with Gasteiger partial charge in [0.15, 0.2) is 0 Å². The minimum absolute atomic E-state index is 0.127. The normalized spacial score (nSPS) is 18.6. The summed E-state index contributed by atoms with van der Waals surface area (Å²) in [5.41, 5.74) is 0. The predicted octanol–water partition coefficient (Wildman–Crippen LogP) is 0.746. The predicted molar refractivity (Wildman–Crippen MR) is 64.7 cm³/mol. The van der Waals surface area contributed by atoms with Crippen LogP contribution in [0, 0.1) is 5.92 Å². The molecule has 1 heterocycles. The van der Waals surface area contributed by atoms with Crippen LogP contribution >= 0.6 is 0 Å². The number of hydrogen-bond acceptors (Lipinski definition) is 3. The zero-order valence-corrected chi connectivity index (χ0v) is 10.4. The molecule has 98 valence electrons. The van der Waals surface area contributed by atoms with Crippen molar-refractivity contribution in [2.75, 3.05) is 13.1 Å². The number of aliphatic carboxylic acids is 1. The molecule has 0 aromatic heterocycles. The molecule has 5 heteroatoms. The first-order chi connectivity index (χ1) is 8.13. The minimum atomic E-state index is -0.939. The van der Waals surface area contributed by atoms with Gasteiger partial charge in [0, 0.05) is 6.42 Å². The quantitative estimate of drug-likeness (QED) is 0.642. The summed E-state index contributed by atoms with van der Waals surface area (Å²) in [7, 11) is 0. The van der Waals surface area contributed by atoms with Gasteiger partial charge in [-0.25, -0.2) is 4.79 Å². The van der Waals surface area contributed by atoms with Crippen molar-refractivity contribution in [1.82, 2.24) is 10.6 Å². The molecule has 1 atom stereocenters. The third-order valence-corrected chi connectivity index (χ3v) is 3.14. The van der Waals surface area contributed by atoms with E-state index in [1.807, 2.05) is 6.92 Å². The highest BCUT2D eigenvalue weighted by atomic mass is 16.4. The molecule has 3 N–H and O–H groups in total. The van der Waals surface area contributed by atoms with E-state index < -0.39 is 12.0 Å². The highest BCUT2D eigenvalue weighted by molar-refractivity contribution is 5.83. The van der Waals surface area contributed by atoms with Crippen molar-refractivity contribution in [3.8, 4) is 0 Å². The summed E-state index contributed by atoms with van der Waals surface area (Å²) >= 11 is 0. The monoisotopic (exact) mass is 242 g/mol. The molecule has 0 radical (unpaired) electrons. The Morgan fingerprint density at radius 1 is 1.41 bits per heavy atom. The van der Waals surface area contributed by atoms with Gasteiger partial charge in [-0.1, -0.05) is 13.3 Å². The van der Waals surface area contributed by atoms with Crippen molar-refractivity contribution in [1.29, 1.82) is 0 Å². The third-order valence-electron chi connectivity index (χ3n) is 3.14. The first-order valence-electron chi connectivity index (χ1n) is 6.36. The van der Waals surface area contributed by atoms with Gasteiger partial charge in [-0.3, -0.25) is 4.79 Å². The second-order valence-corrected chi connectivity index (χ2v) is 4.64. The smallest absolute Gasteiger partial charge is 0.326 e. The van der Waals surface area contributed by atoms with Crippen LogP contribution in [0.5, 0.6) is 0 Å². The molecule has 5 nitrogen and oxygen atoms in total. The molecule has 0 aromatic rings. The van der Waals surface area contributed by atoms with Gasteiger partial charge in [-0.15, -0.1) is 0 Å². The fraction of sp³-hybridized carbons (Fsp3) is 0.833. The Morgan fingerprint density at radius 2 is 2.06 bits per heavy atom. The number of piperidine rings is 1. The van der Waals surface area contributed by atoms with Crippen LogP contribution in [0.15, 0.2) is 0 Å². The van der Waals surface area contributed by atoms with Crippen LogP contribution in [-0.2, 0) is 9.59 Å². The van der Waals surface area contributed by atoms with E-state index in [1.54, 1.807) is 0 Å². The number of hydrogen-bond donors (Lipinski definition) is 3. The van der Waals surface area contributed by atoms with Crippen molar-refractivity contribution < 1.29 is 14.7 Å². The Bertz CT molecular complexity index is 262. The average molecular weight is 242 g/mol. The maximum Gasteiger partial charge on any atom is 0.326 e. The Kier molecular flexibility index (Phi) is 5.97. The van der Waals surface area contributed by atoms with Crippen molar-refractivity contribution in [3.63, 3.8) is 0 Å². The van der Waals surface area contributed by atoms with Crippen LogP contribution in [0.4, 0.5) is 0 Å². The Balaban J connectivity index is 2.33. The van der Waals surface area contributed by atoms with E-state index in [4.69, 9.17) is 5.11 Å². The lowest BCUT2D eigenvalue weighted by molar-refractivity contribution is -0.142. The van der Waals surface area contributed by atoms with E-state index >= 15 is 0 Å². The average Bonchev–Trinajstić information content (AvgIpc) is 2.29. The second-order valence-electron chi connectivity index (χ2n) is 4.64. The molecule has 0 aliphatic carbocycles. The van der Waals surface area contributed by atoms with Gasteiger partial charge in [-0.05, 0) is 38.3 Å². The van der Waals surface area contributed by atoms with Crippen LogP contribution in [-0.4, -0.2) is 36.1 Å². The maximum absolute atomic E-state index is 11.7. The fourth-order valence-electron chi connectivity index (χ4n) is 2.15. The van der Waals surface area contributed by atoms with Crippen LogP contribution in [0.2, 0.25) is 0 Å². The molecule has 1 rings (SSSR count). The molecule has 1 aliphatic rings. The van der Waals surface area contributed by atoms with Gasteiger partial charge in [-0.2, -0.15) is 0 Å². The van der Waals surface area contributed by atoms with E-state index in [0.29, 0.717) is 18.8 Å². The van der Waals surface area contributed by atoms with Gasteiger partial charge >= 0.3 is 5.97 Å². The van der Waals surface area contributed by atoms with Gasteiger partial charge in [0.1, 0.15) is 6.04 Å². The lowest BCUT2D eigenvalue weighted by Gasteiger charge is -2.22. The lowest BCUT2D eigenvalue weighted by Crippen LogP contribution is -2.42. The molecule has 1 saturated heterocycles. The van der Waals surface area contributed by atoms with Gasteiger partial charge in [0.25, 0.3) is 0 Å². The van der Waals surface area contributed by atoms with Crippen molar-refractivity contribution in [2.45, 2.75) is 45.1 Å². The molecular weight excluding hydrogens is 220 g/mol. The fourth-order valence-corrected chi connectivity index (χ4v) is 2.15. The molecular formula is C12H22N2O3. The zero-order valence-electron chi connectivity index (χ0n) is 10.4. The van der Waals surface area contributed by atoms with Crippen molar-refractivity contribution in [3.05, 3.63) is 0 Å². The molecule has 1 amide bonds. The Morgan fingerprint density at radius 3 is 2.59 bits per heavy atom. The summed E-state index contributed by atoms with van der Waals surface area (Å²) in [5, 5.41) is 14.8. The lowest BCUT2D eigenvalue weighted by atomic mass is 9.94. The molecule has 0 bridgehead atoms. The van der Waals surface area contributed by atoms with Crippen molar-refractivity contribution >= 4 is 11.9 Å². The van der Waals surface area contributed by atoms with E-state index in [0.717, 1.165) is 32.4 Å². The molecule has 0 spiro atoms. The number of carbonyl (C=O) groups is 2. The Labute approximate surface area is 102 Å². The molecule has 0 unspecified atom stereocenters. The number of nitrogens with one attached hydrogen (secondary N) is 2. The zero-order chi connectivity index (χ0) is 12.7. The third kappa shape index (κ3) is 5.17. The van der Waals surface area contributed by atoms with Gasteiger partial charge in [0.05, 0.1) is 0 Å². The van der Waals surface area contributed by atoms with E-state index in [9.17, 15) is 9.59 Å². The maximum atomic E-state index is 11.7. The number of amides is 1. The summed E-state index contributed by atoms with van der Waals surface area (Å²) < 4.78 is 0. The van der Waals surface area contributed by atoms with Gasteiger partial charge < -0.3 is 15.7 Å². The van der Waals surface area contributed by atoms with Gasteiger partial charge in [0.2, 0.25) is 5.91 Å². The first kappa shape index (κ1) is 14.0. The van der Waals surface area contributed by atoms with Crippen molar-refractivity contribution in [2.24, 2.45) is 5.92 Å². The second kappa shape index (κ2) is 7.27. The van der Waals surface area contributed by atoms with Crippen LogP contribution in [0.1, 0.15) is 39.0 Å². The van der Waals surface area contributed by atoms with Crippen LogP contribution in [0.3, 0.4) is 0 Å². The highest BCUT2D eigenvalue weighted by Gasteiger charge is 2.21. The number of carboxylic acids is 1. The van der Waals surface area contributed by atoms with E-state index in [-0.39, 0.29) is 5.91 Å². The van der Waals surface area contributed by atoms with E-state index in [1.165, 1.54) is 0 Å².